The van der Waals surface area contributed by atoms with Crippen molar-refractivity contribution < 1.29 is 9.60 Å². The van der Waals surface area contributed by atoms with Crippen LogP contribution in [0.2, 0.25) is 0 Å². The van der Waals surface area contributed by atoms with E-state index in [0.29, 0.717) is 23.0 Å². The molecular formula is C61H39N3. The molecule has 0 atom stereocenters. The number of rotatable bonds is 7. The summed E-state index contributed by atoms with van der Waals surface area (Å²) in [4.78, 5) is 15.7. The molecule has 1 aromatic heterocycles. The Kier molecular flexibility index (Phi) is 7.50. The maximum atomic E-state index is 9.57. The molecule has 3 heteroatoms. The number of benzene rings is 11. The van der Waals surface area contributed by atoms with Gasteiger partial charge in [-0.2, -0.15) is 0 Å². The van der Waals surface area contributed by atoms with E-state index in [4.69, 9.17) is 21.8 Å². The molecule has 3 nitrogen and oxygen atoms in total. The van der Waals surface area contributed by atoms with Crippen LogP contribution >= 0.6 is 0 Å². The van der Waals surface area contributed by atoms with Gasteiger partial charge in [0, 0.05) is 16.7 Å². The normalized spacial score (nSPS) is 13.0. The van der Waals surface area contributed by atoms with E-state index < -0.39 is 24.2 Å². The van der Waals surface area contributed by atoms with Crippen molar-refractivity contribution in [3.05, 3.63) is 236 Å². The Balaban J connectivity index is 1.09. The van der Waals surface area contributed by atoms with E-state index in [1.54, 1.807) is 0 Å². The van der Waals surface area contributed by atoms with Gasteiger partial charge in [0.15, 0.2) is 17.5 Å². The second-order valence-electron chi connectivity index (χ2n) is 15.7. The van der Waals surface area contributed by atoms with Crippen LogP contribution in [0.15, 0.2) is 236 Å². The van der Waals surface area contributed by atoms with Crippen molar-refractivity contribution in [2.24, 2.45) is 0 Å². The van der Waals surface area contributed by atoms with Crippen molar-refractivity contribution >= 4 is 43.1 Å². The summed E-state index contributed by atoms with van der Waals surface area (Å²) < 4.78 is 62.4. The summed E-state index contributed by atoms with van der Waals surface area (Å²) in [6.45, 7) is 0. The van der Waals surface area contributed by atoms with Gasteiger partial charge in [-0.25, -0.2) is 15.0 Å². The van der Waals surface area contributed by atoms with Crippen molar-refractivity contribution in [1.29, 1.82) is 0 Å². The molecule has 0 saturated carbocycles. The lowest BCUT2D eigenvalue weighted by molar-refractivity contribution is 1.08. The van der Waals surface area contributed by atoms with Crippen molar-refractivity contribution in [2.75, 3.05) is 0 Å². The molecule has 298 valence electrons. The Bertz CT molecular complexity index is 4070. The van der Waals surface area contributed by atoms with Crippen molar-refractivity contribution in [3.63, 3.8) is 0 Å². The first-order chi connectivity index (χ1) is 34.7. The summed E-state index contributed by atoms with van der Waals surface area (Å²) >= 11 is 0. The summed E-state index contributed by atoms with van der Waals surface area (Å²) in [6.07, 6.45) is 0. The SMILES string of the molecule is [2H]c1c([2H])c([2H])c2c([2H])c(-c3c4ccccc4c(-c4ccc(-c5nc(-c6ccc(-c7ccccc7)cc6)nc(-c6ccccc6-c6ccccc6)n5)c5ccccc45)c4ccccc34)c([2H])c([2H])c2c1[2H]. The van der Waals surface area contributed by atoms with Gasteiger partial charge in [0.2, 0.25) is 0 Å². The predicted molar refractivity (Wildman–Crippen MR) is 268 cm³/mol. The molecule has 0 amide bonds. The topological polar surface area (TPSA) is 38.7 Å². The lowest BCUT2D eigenvalue weighted by Gasteiger charge is -2.20. The summed E-state index contributed by atoms with van der Waals surface area (Å²) in [5.74, 6) is 1.59. The number of nitrogens with zero attached hydrogens (tertiary/aromatic N) is 3. The highest BCUT2D eigenvalue weighted by Crippen LogP contribution is 2.47. The van der Waals surface area contributed by atoms with Crippen molar-refractivity contribution in [2.45, 2.75) is 0 Å². The summed E-state index contributed by atoms with van der Waals surface area (Å²) in [5, 5.41) is 4.82. The Morgan fingerprint density at radius 2 is 0.719 bits per heavy atom. The van der Waals surface area contributed by atoms with Crippen LogP contribution in [0.4, 0.5) is 0 Å². The maximum absolute atomic E-state index is 9.57. The molecule has 0 aliphatic carbocycles. The first-order valence-corrected chi connectivity index (χ1v) is 21.2. The molecule has 12 aromatic rings. The third-order valence-corrected chi connectivity index (χ3v) is 12.0. The van der Waals surface area contributed by atoms with Gasteiger partial charge in [0.1, 0.15) is 0 Å². The third-order valence-electron chi connectivity index (χ3n) is 12.0. The van der Waals surface area contributed by atoms with Crippen LogP contribution in [0.3, 0.4) is 0 Å². The van der Waals surface area contributed by atoms with Crippen LogP contribution in [0.5, 0.6) is 0 Å². The molecule has 12 rings (SSSR count). The van der Waals surface area contributed by atoms with Crippen LogP contribution in [-0.4, -0.2) is 15.0 Å². The lowest BCUT2D eigenvalue weighted by Crippen LogP contribution is -2.02. The van der Waals surface area contributed by atoms with E-state index >= 15 is 0 Å². The summed E-state index contributed by atoms with van der Waals surface area (Å²) in [7, 11) is 0. The van der Waals surface area contributed by atoms with E-state index in [0.717, 1.165) is 82.4 Å². The molecule has 0 radical (unpaired) electrons. The van der Waals surface area contributed by atoms with Crippen LogP contribution in [0, 0.1) is 0 Å². The second-order valence-corrected chi connectivity index (χ2v) is 15.7. The molecular weight excluding hydrogens is 775 g/mol. The van der Waals surface area contributed by atoms with Crippen LogP contribution in [0.1, 0.15) is 9.60 Å². The molecule has 0 aliphatic heterocycles. The smallest absolute Gasteiger partial charge is 0.164 e. The minimum atomic E-state index is -0.500. The zero-order chi connectivity index (χ0) is 48.5. The van der Waals surface area contributed by atoms with Crippen LogP contribution < -0.4 is 0 Å². The highest BCUT2D eigenvalue weighted by molar-refractivity contribution is 6.24. The fraction of sp³-hybridized carbons (Fsp3) is 0. The van der Waals surface area contributed by atoms with Crippen molar-refractivity contribution in [1.82, 2.24) is 15.0 Å². The Morgan fingerprint density at radius 1 is 0.266 bits per heavy atom. The van der Waals surface area contributed by atoms with Gasteiger partial charge in [-0.1, -0.05) is 224 Å². The predicted octanol–water partition coefficient (Wildman–Crippen LogP) is 16.2. The van der Waals surface area contributed by atoms with Crippen LogP contribution in [-0.2, 0) is 0 Å². The van der Waals surface area contributed by atoms with Gasteiger partial charge in [-0.3, -0.25) is 0 Å². The molecule has 0 unspecified atom stereocenters. The zero-order valence-corrected chi connectivity index (χ0v) is 34.3. The van der Waals surface area contributed by atoms with Gasteiger partial charge in [-0.15, -0.1) is 0 Å². The fourth-order valence-electron chi connectivity index (χ4n) is 9.04. The molecule has 0 bridgehead atoms. The standard InChI is InChI=1S/C61H39N3/c1-3-17-40(18-4-1)42-31-34-44(35-32-42)59-62-60(55-30-16-9-23-47(55)43-20-5-2-6-21-43)64-61(63-59)56-38-37-54(48-24-10-11-25-49(48)56)58-52-28-14-12-26-50(52)57(51-27-13-15-29-53(51)58)46-36-33-41-19-7-8-22-45(41)39-46/h1-39H/i7D,8D,19D,22D,33D,36D,39D. The van der Waals surface area contributed by atoms with Gasteiger partial charge in [0.05, 0.1) is 9.60 Å². The third kappa shape index (κ3) is 6.50. The van der Waals surface area contributed by atoms with Gasteiger partial charge in [-0.05, 0) is 99.7 Å². The first kappa shape index (κ1) is 30.5. The Labute approximate surface area is 381 Å². The second kappa shape index (κ2) is 15.7. The molecule has 0 N–H and O–H groups in total. The molecule has 0 fully saturated rings. The van der Waals surface area contributed by atoms with E-state index in [1.807, 2.05) is 109 Å². The summed E-state index contributed by atoms with van der Waals surface area (Å²) in [5.41, 5.74) is 9.35. The van der Waals surface area contributed by atoms with Crippen LogP contribution in [0.25, 0.3) is 122 Å². The van der Waals surface area contributed by atoms with E-state index in [9.17, 15) is 2.74 Å². The van der Waals surface area contributed by atoms with Gasteiger partial charge >= 0.3 is 0 Å². The van der Waals surface area contributed by atoms with Gasteiger partial charge < -0.3 is 0 Å². The number of fused-ring (bicyclic) bond motifs is 4. The Morgan fingerprint density at radius 3 is 1.38 bits per heavy atom. The maximum Gasteiger partial charge on any atom is 0.164 e. The first-order valence-electron chi connectivity index (χ1n) is 24.7. The zero-order valence-electron chi connectivity index (χ0n) is 41.3. The molecule has 0 aliphatic rings. The van der Waals surface area contributed by atoms with E-state index in [-0.39, 0.29) is 34.5 Å². The molecule has 64 heavy (non-hydrogen) atoms. The highest BCUT2D eigenvalue weighted by Gasteiger charge is 2.21. The minimum Gasteiger partial charge on any atom is -0.208 e. The quantitative estimate of drug-likeness (QED) is 0.150. The number of hydrogen-bond donors (Lipinski definition) is 0. The number of hydrogen-bond acceptors (Lipinski definition) is 3. The highest BCUT2D eigenvalue weighted by atomic mass is 15.0. The summed E-state index contributed by atoms with van der Waals surface area (Å²) in [6, 6.07) is 62.5. The monoisotopic (exact) mass is 820 g/mol. The molecule has 11 aromatic carbocycles. The largest absolute Gasteiger partial charge is 0.208 e. The average molecular weight is 821 g/mol. The van der Waals surface area contributed by atoms with Gasteiger partial charge in [0.25, 0.3) is 0 Å². The molecule has 0 saturated heterocycles. The molecule has 0 spiro atoms. The van der Waals surface area contributed by atoms with E-state index in [1.165, 1.54) is 0 Å². The molecule has 1 heterocycles. The Hall–Kier alpha value is -8.53. The number of aromatic nitrogens is 3. The average Bonchev–Trinajstić information content (AvgIpc) is 3.43. The lowest BCUT2D eigenvalue weighted by atomic mass is 9.84. The van der Waals surface area contributed by atoms with E-state index in [2.05, 4.69) is 84.9 Å². The minimum absolute atomic E-state index is 0.0804. The van der Waals surface area contributed by atoms with Crippen molar-refractivity contribution in [3.8, 4) is 78.7 Å². The fourth-order valence-corrected chi connectivity index (χ4v) is 9.04.